The van der Waals surface area contributed by atoms with E-state index in [2.05, 4.69) is 10.6 Å². The summed E-state index contributed by atoms with van der Waals surface area (Å²) in [6, 6.07) is 5.48. The molecule has 1 atom stereocenters. The van der Waals surface area contributed by atoms with Crippen molar-refractivity contribution in [3.8, 4) is 5.75 Å². The summed E-state index contributed by atoms with van der Waals surface area (Å²) in [5, 5.41) is 14.9. The summed E-state index contributed by atoms with van der Waals surface area (Å²) >= 11 is 0. The number of phenols is 1. The van der Waals surface area contributed by atoms with Crippen molar-refractivity contribution in [1.82, 2.24) is 15.5 Å². The molecule has 0 saturated heterocycles. The molecule has 0 aromatic heterocycles. The maximum atomic E-state index is 12.8. The molecule has 3 N–H and O–H groups in total. The normalized spacial score (nSPS) is 20.3. The van der Waals surface area contributed by atoms with Gasteiger partial charge >= 0.3 is 6.03 Å². The molecule has 3 rings (SSSR count). The minimum Gasteiger partial charge on any atom is -0.508 e. The lowest BCUT2D eigenvalue weighted by Gasteiger charge is -2.25. The molecule has 0 fully saturated rings. The van der Waals surface area contributed by atoms with Crippen molar-refractivity contribution in [3.05, 3.63) is 41.1 Å². The quantitative estimate of drug-likeness (QED) is 0.680. The first-order chi connectivity index (χ1) is 11.5. The van der Waals surface area contributed by atoms with Gasteiger partial charge in [0.15, 0.2) is 6.29 Å². The highest BCUT2D eigenvalue weighted by molar-refractivity contribution is 6.01. The topological polar surface area (TPSA) is 100 Å². The SMILES string of the molecule is COC(CN1CC2=C(C1=O)C(c1ccc(O)cc1)NC(=O)N2)OC. The minimum atomic E-state index is -0.560. The first-order valence-electron chi connectivity index (χ1n) is 7.48. The number of amides is 3. The van der Waals surface area contributed by atoms with Crippen LogP contribution < -0.4 is 10.6 Å². The Morgan fingerprint density at radius 3 is 2.54 bits per heavy atom. The predicted molar refractivity (Wildman–Crippen MR) is 83.9 cm³/mol. The standard InChI is InChI=1S/C16H19N3O5/c1-23-12(24-2)8-19-7-11-13(15(19)21)14(18-16(22)17-11)9-3-5-10(20)6-4-9/h3-6,12,14,20H,7-8H2,1-2H3,(H2,17,18,22). The van der Waals surface area contributed by atoms with Crippen molar-refractivity contribution in [3.63, 3.8) is 0 Å². The van der Waals surface area contributed by atoms with Crippen molar-refractivity contribution in [2.45, 2.75) is 12.3 Å². The van der Waals surface area contributed by atoms with Crippen LogP contribution in [0.15, 0.2) is 35.5 Å². The highest BCUT2D eigenvalue weighted by Crippen LogP contribution is 2.33. The van der Waals surface area contributed by atoms with Crippen molar-refractivity contribution < 1.29 is 24.2 Å². The van der Waals surface area contributed by atoms with Gasteiger partial charge in [0.05, 0.1) is 30.4 Å². The van der Waals surface area contributed by atoms with E-state index in [0.29, 0.717) is 17.8 Å². The second-order valence-corrected chi connectivity index (χ2v) is 5.60. The summed E-state index contributed by atoms with van der Waals surface area (Å²) in [7, 11) is 3.01. The van der Waals surface area contributed by atoms with Crippen LogP contribution >= 0.6 is 0 Å². The molecule has 1 unspecified atom stereocenters. The molecular weight excluding hydrogens is 314 g/mol. The minimum absolute atomic E-state index is 0.121. The van der Waals surface area contributed by atoms with Crippen LogP contribution in [0.1, 0.15) is 11.6 Å². The average molecular weight is 333 g/mol. The van der Waals surface area contributed by atoms with Gasteiger partial charge in [-0.25, -0.2) is 4.79 Å². The zero-order chi connectivity index (χ0) is 17.3. The van der Waals surface area contributed by atoms with Gasteiger partial charge < -0.3 is 30.1 Å². The number of carbonyl (C=O) groups is 2. The van der Waals surface area contributed by atoms with Gasteiger partial charge in [-0.1, -0.05) is 12.1 Å². The number of hydrogen-bond acceptors (Lipinski definition) is 5. The van der Waals surface area contributed by atoms with Gasteiger partial charge in [0.2, 0.25) is 0 Å². The third-order valence-corrected chi connectivity index (χ3v) is 4.14. The fourth-order valence-corrected chi connectivity index (χ4v) is 2.92. The molecule has 8 heteroatoms. The maximum absolute atomic E-state index is 12.8. The Morgan fingerprint density at radius 1 is 1.25 bits per heavy atom. The van der Waals surface area contributed by atoms with Gasteiger partial charge in [-0.2, -0.15) is 0 Å². The van der Waals surface area contributed by atoms with E-state index in [0.717, 1.165) is 5.56 Å². The van der Waals surface area contributed by atoms with Crippen LogP contribution in [0.25, 0.3) is 0 Å². The number of aromatic hydroxyl groups is 1. The molecule has 2 aliphatic heterocycles. The van der Waals surface area contributed by atoms with Gasteiger partial charge in [-0.15, -0.1) is 0 Å². The molecule has 3 amide bonds. The number of nitrogens with zero attached hydrogens (tertiary/aromatic N) is 1. The smallest absolute Gasteiger partial charge is 0.319 e. The molecule has 0 bridgehead atoms. The van der Waals surface area contributed by atoms with E-state index in [9.17, 15) is 14.7 Å². The number of methoxy groups -OCH3 is 2. The van der Waals surface area contributed by atoms with Gasteiger partial charge in [-0.3, -0.25) is 4.79 Å². The zero-order valence-electron chi connectivity index (χ0n) is 13.4. The Labute approximate surface area is 139 Å². The van der Waals surface area contributed by atoms with Crippen LogP contribution in [0.4, 0.5) is 4.79 Å². The van der Waals surface area contributed by atoms with E-state index < -0.39 is 12.3 Å². The Morgan fingerprint density at radius 2 is 1.92 bits per heavy atom. The lowest BCUT2D eigenvalue weighted by Crippen LogP contribution is -2.44. The Balaban J connectivity index is 1.87. The number of nitrogens with one attached hydrogen (secondary N) is 2. The molecule has 0 radical (unpaired) electrons. The van der Waals surface area contributed by atoms with Gasteiger partial charge in [0.25, 0.3) is 5.91 Å². The van der Waals surface area contributed by atoms with Gasteiger partial charge in [-0.05, 0) is 17.7 Å². The van der Waals surface area contributed by atoms with E-state index in [1.807, 2.05) is 0 Å². The first-order valence-corrected chi connectivity index (χ1v) is 7.48. The molecule has 1 aromatic rings. The molecule has 8 nitrogen and oxygen atoms in total. The molecule has 128 valence electrons. The second-order valence-electron chi connectivity index (χ2n) is 5.60. The summed E-state index contributed by atoms with van der Waals surface area (Å²) in [5.74, 6) is -0.0645. The molecule has 0 aliphatic carbocycles. The third-order valence-electron chi connectivity index (χ3n) is 4.14. The van der Waals surface area contributed by atoms with Crippen molar-refractivity contribution in [1.29, 1.82) is 0 Å². The van der Waals surface area contributed by atoms with Crippen molar-refractivity contribution >= 4 is 11.9 Å². The van der Waals surface area contributed by atoms with Crippen LogP contribution in [-0.4, -0.2) is 55.5 Å². The van der Waals surface area contributed by atoms with Crippen LogP contribution in [0, 0.1) is 0 Å². The maximum Gasteiger partial charge on any atom is 0.319 e. The summed E-state index contributed by atoms with van der Waals surface area (Å²) in [6.45, 7) is 0.552. The summed E-state index contributed by atoms with van der Waals surface area (Å²) in [6.07, 6.45) is -0.536. The fraction of sp³-hybridized carbons (Fsp3) is 0.375. The monoisotopic (exact) mass is 333 g/mol. The summed E-state index contributed by atoms with van der Waals surface area (Å²) < 4.78 is 10.3. The molecule has 2 aliphatic rings. The zero-order valence-corrected chi connectivity index (χ0v) is 13.4. The Kier molecular flexibility index (Phi) is 4.41. The highest BCUT2D eigenvalue weighted by Gasteiger charge is 2.40. The molecular formula is C16H19N3O5. The number of rotatable bonds is 5. The van der Waals surface area contributed by atoms with E-state index in [-0.39, 0.29) is 24.2 Å². The van der Waals surface area contributed by atoms with E-state index in [1.165, 1.54) is 26.4 Å². The number of ether oxygens (including phenoxy) is 2. The molecule has 2 heterocycles. The number of carbonyl (C=O) groups excluding carboxylic acids is 2. The lowest BCUT2D eigenvalue weighted by molar-refractivity contribution is -0.140. The van der Waals surface area contributed by atoms with Crippen LogP contribution in [-0.2, 0) is 14.3 Å². The summed E-state index contributed by atoms with van der Waals surface area (Å²) in [5.41, 5.74) is 1.79. The third kappa shape index (κ3) is 2.93. The number of benzene rings is 1. The molecule has 1 aromatic carbocycles. The second kappa shape index (κ2) is 6.50. The van der Waals surface area contributed by atoms with E-state index >= 15 is 0 Å². The number of urea groups is 1. The Hall–Kier alpha value is -2.58. The van der Waals surface area contributed by atoms with Gasteiger partial charge in [0.1, 0.15) is 5.75 Å². The summed E-state index contributed by atoms with van der Waals surface area (Å²) in [4.78, 5) is 26.3. The van der Waals surface area contributed by atoms with Crippen LogP contribution in [0.2, 0.25) is 0 Å². The number of hydrogen-bond donors (Lipinski definition) is 3. The van der Waals surface area contributed by atoms with Crippen molar-refractivity contribution in [2.75, 3.05) is 27.3 Å². The lowest BCUT2D eigenvalue weighted by atomic mass is 9.96. The molecule has 0 saturated carbocycles. The number of phenolic OH excluding ortho intramolecular Hbond substituents is 1. The predicted octanol–water partition coefficient (Wildman–Crippen LogP) is 0.461. The van der Waals surface area contributed by atoms with E-state index in [1.54, 1.807) is 17.0 Å². The van der Waals surface area contributed by atoms with Crippen LogP contribution in [0.3, 0.4) is 0 Å². The van der Waals surface area contributed by atoms with Gasteiger partial charge in [0, 0.05) is 14.2 Å². The van der Waals surface area contributed by atoms with Crippen LogP contribution in [0.5, 0.6) is 5.75 Å². The molecule has 24 heavy (non-hydrogen) atoms. The van der Waals surface area contributed by atoms with E-state index in [4.69, 9.17) is 9.47 Å². The largest absolute Gasteiger partial charge is 0.508 e. The Bertz CT molecular complexity index is 681. The average Bonchev–Trinajstić information content (AvgIpc) is 2.88. The first kappa shape index (κ1) is 16.3. The van der Waals surface area contributed by atoms with Crippen molar-refractivity contribution in [2.24, 2.45) is 0 Å². The fourth-order valence-electron chi connectivity index (χ4n) is 2.92. The highest BCUT2D eigenvalue weighted by atomic mass is 16.7. The molecule has 0 spiro atoms.